The Balaban J connectivity index is 2.16. The summed E-state index contributed by atoms with van der Waals surface area (Å²) in [6, 6.07) is 4.27. The molecule has 2 heterocycles. The van der Waals surface area contributed by atoms with E-state index in [1.54, 1.807) is 0 Å². The lowest BCUT2D eigenvalue weighted by Crippen LogP contribution is -2.25. The van der Waals surface area contributed by atoms with Crippen molar-refractivity contribution in [3.63, 3.8) is 0 Å². The van der Waals surface area contributed by atoms with E-state index >= 15 is 0 Å². The summed E-state index contributed by atoms with van der Waals surface area (Å²) in [7, 11) is 0. The highest BCUT2D eigenvalue weighted by atomic mass is 35.5. The van der Waals surface area contributed by atoms with Crippen molar-refractivity contribution in [3.05, 3.63) is 46.0 Å². The third-order valence-corrected chi connectivity index (χ3v) is 3.74. The van der Waals surface area contributed by atoms with Crippen LogP contribution in [-0.4, -0.2) is 28.8 Å². The Bertz CT molecular complexity index is 730. The second-order valence-corrected chi connectivity index (χ2v) is 5.38. The van der Waals surface area contributed by atoms with Crippen molar-refractivity contribution in [1.29, 1.82) is 0 Å². The third kappa shape index (κ3) is 2.60. The first kappa shape index (κ1) is 15.0. The lowest BCUT2D eigenvalue weighted by Gasteiger charge is -2.15. The number of carbonyl (C=O) groups is 1. The van der Waals surface area contributed by atoms with E-state index in [0.717, 1.165) is 5.69 Å². The number of amides is 1. The number of aromatic nitrogens is 2. The molecule has 3 rings (SSSR count). The number of nitrogens with zero attached hydrogens (tertiary/aromatic N) is 2. The number of benzene rings is 1. The molecule has 0 fully saturated rings. The Hall–Kier alpha value is -1.92. The molecule has 0 radical (unpaired) electrons. The molecule has 1 aliphatic rings. The summed E-state index contributed by atoms with van der Waals surface area (Å²) in [6.07, 6.45) is 0.563. The van der Waals surface area contributed by atoms with Crippen molar-refractivity contribution in [3.8, 4) is 5.69 Å². The fraction of sp³-hybridized carbons (Fsp3) is 0.333. The van der Waals surface area contributed by atoms with Gasteiger partial charge in [0, 0.05) is 23.6 Å². The standard InChI is InChI=1S/C15H15ClFN3O2/c1-2-18-15(21)14-10-8-22-6-5-12(10)20(19-14)13-7-9(16)3-4-11(13)17/h3-4,7H,2,5-6,8H2,1H3,(H,18,21). The molecule has 0 spiro atoms. The van der Waals surface area contributed by atoms with Crippen molar-refractivity contribution in [2.75, 3.05) is 13.2 Å². The maximum Gasteiger partial charge on any atom is 0.272 e. The molecule has 1 aromatic carbocycles. The zero-order chi connectivity index (χ0) is 15.7. The molecule has 1 aliphatic heterocycles. The minimum absolute atomic E-state index is 0.237. The lowest BCUT2D eigenvalue weighted by molar-refractivity contribution is 0.0927. The lowest BCUT2D eigenvalue weighted by atomic mass is 10.1. The van der Waals surface area contributed by atoms with Gasteiger partial charge in [-0.1, -0.05) is 11.6 Å². The van der Waals surface area contributed by atoms with Crippen LogP contribution in [0.3, 0.4) is 0 Å². The first-order valence-corrected chi connectivity index (χ1v) is 7.41. The number of hydrogen-bond donors (Lipinski definition) is 1. The van der Waals surface area contributed by atoms with Crippen LogP contribution in [-0.2, 0) is 17.8 Å². The van der Waals surface area contributed by atoms with E-state index in [2.05, 4.69) is 10.4 Å². The van der Waals surface area contributed by atoms with Crippen LogP contribution in [0.25, 0.3) is 5.69 Å². The van der Waals surface area contributed by atoms with Gasteiger partial charge in [-0.25, -0.2) is 9.07 Å². The summed E-state index contributed by atoms with van der Waals surface area (Å²) in [6.45, 7) is 3.13. The van der Waals surface area contributed by atoms with E-state index in [1.165, 1.54) is 22.9 Å². The smallest absolute Gasteiger partial charge is 0.272 e. The Morgan fingerprint density at radius 1 is 1.55 bits per heavy atom. The zero-order valence-corrected chi connectivity index (χ0v) is 12.8. The molecule has 0 saturated heterocycles. The van der Waals surface area contributed by atoms with Gasteiger partial charge in [0.15, 0.2) is 5.69 Å². The Morgan fingerprint density at radius 3 is 3.14 bits per heavy atom. The normalized spacial score (nSPS) is 13.8. The van der Waals surface area contributed by atoms with Crippen molar-refractivity contribution in [1.82, 2.24) is 15.1 Å². The van der Waals surface area contributed by atoms with E-state index in [0.29, 0.717) is 36.8 Å². The van der Waals surface area contributed by atoms with Gasteiger partial charge < -0.3 is 10.1 Å². The molecule has 0 unspecified atom stereocenters. The summed E-state index contributed by atoms with van der Waals surface area (Å²) < 4.78 is 21.0. The average molecular weight is 324 g/mol. The SMILES string of the molecule is CCNC(=O)c1nn(-c2cc(Cl)ccc2F)c2c1COCC2. The molecule has 0 bridgehead atoms. The number of ether oxygens (including phenoxy) is 1. The van der Waals surface area contributed by atoms with Crippen LogP contribution >= 0.6 is 11.6 Å². The van der Waals surface area contributed by atoms with E-state index in [9.17, 15) is 9.18 Å². The number of fused-ring (bicyclic) bond motifs is 1. The minimum Gasteiger partial charge on any atom is -0.376 e. The van der Waals surface area contributed by atoms with Crippen LogP contribution in [0.5, 0.6) is 0 Å². The van der Waals surface area contributed by atoms with Crippen LogP contribution in [0, 0.1) is 5.82 Å². The predicted octanol–water partition coefficient (Wildman–Crippen LogP) is 2.49. The number of nitrogens with one attached hydrogen (secondary N) is 1. The van der Waals surface area contributed by atoms with Gasteiger partial charge in [-0.3, -0.25) is 4.79 Å². The van der Waals surface area contributed by atoms with Crippen LogP contribution in [0.15, 0.2) is 18.2 Å². The fourth-order valence-corrected chi connectivity index (χ4v) is 2.68. The molecular weight excluding hydrogens is 309 g/mol. The number of hydrogen-bond acceptors (Lipinski definition) is 3. The van der Waals surface area contributed by atoms with E-state index in [4.69, 9.17) is 16.3 Å². The van der Waals surface area contributed by atoms with E-state index in [-0.39, 0.29) is 17.3 Å². The van der Waals surface area contributed by atoms with Crippen molar-refractivity contribution >= 4 is 17.5 Å². The average Bonchev–Trinajstić information content (AvgIpc) is 2.90. The molecule has 7 heteroatoms. The van der Waals surface area contributed by atoms with Gasteiger partial charge in [-0.05, 0) is 25.1 Å². The second-order valence-electron chi connectivity index (χ2n) is 4.94. The molecule has 1 N–H and O–H groups in total. The topological polar surface area (TPSA) is 56.2 Å². The van der Waals surface area contributed by atoms with Crippen molar-refractivity contribution < 1.29 is 13.9 Å². The molecule has 22 heavy (non-hydrogen) atoms. The highest BCUT2D eigenvalue weighted by Crippen LogP contribution is 2.26. The van der Waals surface area contributed by atoms with Gasteiger partial charge in [0.1, 0.15) is 11.5 Å². The van der Waals surface area contributed by atoms with Gasteiger partial charge in [0.05, 0.1) is 18.9 Å². The first-order chi connectivity index (χ1) is 10.6. The van der Waals surface area contributed by atoms with Crippen LogP contribution in [0.1, 0.15) is 28.7 Å². The molecule has 0 aliphatic carbocycles. The highest BCUT2D eigenvalue weighted by Gasteiger charge is 2.26. The maximum absolute atomic E-state index is 14.1. The van der Waals surface area contributed by atoms with E-state index in [1.807, 2.05) is 6.92 Å². The molecule has 0 saturated carbocycles. The Morgan fingerprint density at radius 2 is 2.36 bits per heavy atom. The third-order valence-electron chi connectivity index (χ3n) is 3.51. The number of carbonyl (C=O) groups excluding carboxylic acids is 1. The molecular formula is C15H15ClFN3O2. The van der Waals surface area contributed by atoms with Crippen molar-refractivity contribution in [2.24, 2.45) is 0 Å². The number of rotatable bonds is 3. The highest BCUT2D eigenvalue weighted by molar-refractivity contribution is 6.30. The number of halogens is 2. The summed E-state index contributed by atoms with van der Waals surface area (Å²) in [5.41, 5.74) is 2.00. The van der Waals surface area contributed by atoms with Crippen molar-refractivity contribution in [2.45, 2.75) is 20.0 Å². The van der Waals surface area contributed by atoms with Gasteiger partial charge in [-0.2, -0.15) is 5.10 Å². The van der Waals surface area contributed by atoms with Gasteiger partial charge in [0.25, 0.3) is 5.91 Å². The zero-order valence-electron chi connectivity index (χ0n) is 12.0. The molecule has 5 nitrogen and oxygen atoms in total. The summed E-state index contributed by atoms with van der Waals surface area (Å²) >= 11 is 5.96. The minimum atomic E-state index is -0.441. The second kappa shape index (κ2) is 6.06. The fourth-order valence-electron chi connectivity index (χ4n) is 2.51. The molecule has 1 amide bonds. The van der Waals surface area contributed by atoms with E-state index < -0.39 is 5.82 Å². The summed E-state index contributed by atoms with van der Waals surface area (Å²) in [4.78, 5) is 12.2. The Kier molecular flexibility index (Phi) is 4.13. The van der Waals surface area contributed by atoms with Crippen LogP contribution in [0.2, 0.25) is 5.02 Å². The quantitative estimate of drug-likeness (QED) is 0.944. The monoisotopic (exact) mass is 323 g/mol. The van der Waals surface area contributed by atoms with Gasteiger partial charge in [0.2, 0.25) is 0 Å². The van der Waals surface area contributed by atoms with Gasteiger partial charge in [-0.15, -0.1) is 0 Å². The molecule has 0 atom stereocenters. The van der Waals surface area contributed by atoms with Gasteiger partial charge >= 0.3 is 0 Å². The molecule has 116 valence electrons. The molecule has 1 aromatic heterocycles. The van der Waals surface area contributed by atoms with Crippen LogP contribution < -0.4 is 5.32 Å². The van der Waals surface area contributed by atoms with Crippen LogP contribution in [0.4, 0.5) is 4.39 Å². The molecule has 2 aromatic rings. The first-order valence-electron chi connectivity index (χ1n) is 7.04. The largest absolute Gasteiger partial charge is 0.376 e. The Labute approximate surface area is 132 Å². The summed E-state index contributed by atoms with van der Waals surface area (Å²) in [5.74, 6) is -0.728. The summed E-state index contributed by atoms with van der Waals surface area (Å²) in [5, 5.41) is 7.43. The predicted molar refractivity (Wildman–Crippen MR) is 79.9 cm³/mol. The maximum atomic E-state index is 14.1.